The van der Waals surface area contributed by atoms with Gasteiger partial charge in [-0.25, -0.2) is 8.42 Å². The van der Waals surface area contributed by atoms with E-state index in [0.717, 1.165) is 12.0 Å². The predicted molar refractivity (Wildman–Crippen MR) is 82.5 cm³/mol. The number of hydrogen-bond acceptors (Lipinski definition) is 4. The smallest absolute Gasteiger partial charge is 0.236 e. The molecule has 1 aromatic rings. The Balaban J connectivity index is 1.70. The van der Waals surface area contributed by atoms with Crippen LogP contribution in [-0.4, -0.2) is 38.4 Å². The van der Waals surface area contributed by atoms with Crippen LogP contribution in [0.15, 0.2) is 30.3 Å². The molecule has 1 aliphatic heterocycles. The number of rotatable bonds is 6. The highest BCUT2D eigenvalue weighted by molar-refractivity contribution is 7.91. The van der Waals surface area contributed by atoms with Crippen LogP contribution in [0.5, 0.6) is 0 Å². The Bertz CT molecular complexity index is 572. The fourth-order valence-electron chi connectivity index (χ4n) is 2.51. The summed E-state index contributed by atoms with van der Waals surface area (Å²) in [5, 5.41) is 2.77. The van der Waals surface area contributed by atoms with Gasteiger partial charge in [0.1, 0.15) is 0 Å². The molecule has 0 aromatic heterocycles. The molecule has 0 saturated carbocycles. The Morgan fingerprint density at radius 3 is 2.67 bits per heavy atom. The zero-order valence-electron chi connectivity index (χ0n) is 12.0. The molecule has 0 radical (unpaired) electrons. The molecule has 5 nitrogen and oxygen atoms in total. The number of carbonyl (C=O) groups excluding carboxylic acids is 1. The lowest BCUT2D eigenvalue weighted by atomic mass is 10.0. The molecule has 116 valence electrons. The van der Waals surface area contributed by atoms with Gasteiger partial charge in [-0.05, 0) is 30.7 Å². The first kappa shape index (κ1) is 16.0. The summed E-state index contributed by atoms with van der Waals surface area (Å²) < 4.78 is 22.7. The van der Waals surface area contributed by atoms with E-state index < -0.39 is 15.9 Å². The van der Waals surface area contributed by atoms with Crippen LogP contribution in [0.1, 0.15) is 18.4 Å². The second-order valence-corrected chi connectivity index (χ2v) is 7.87. The van der Waals surface area contributed by atoms with Crippen molar-refractivity contribution in [3.63, 3.8) is 0 Å². The van der Waals surface area contributed by atoms with Crippen LogP contribution >= 0.6 is 0 Å². The minimum Gasteiger partial charge on any atom is -0.354 e. The summed E-state index contributed by atoms with van der Waals surface area (Å²) in [7, 11) is -2.89. The van der Waals surface area contributed by atoms with E-state index in [0.29, 0.717) is 19.4 Å². The molecular formula is C15H22N2O3S. The van der Waals surface area contributed by atoms with Gasteiger partial charge in [-0.1, -0.05) is 30.3 Å². The molecule has 1 fully saturated rings. The highest BCUT2D eigenvalue weighted by Gasteiger charge is 2.28. The van der Waals surface area contributed by atoms with Crippen LogP contribution in [0.4, 0.5) is 0 Å². The van der Waals surface area contributed by atoms with Crippen molar-refractivity contribution in [1.82, 2.24) is 5.32 Å². The normalized spacial score (nSPS) is 21.9. The highest BCUT2D eigenvalue weighted by Crippen LogP contribution is 2.17. The van der Waals surface area contributed by atoms with E-state index in [1.807, 2.05) is 30.3 Å². The van der Waals surface area contributed by atoms with Crippen molar-refractivity contribution in [2.24, 2.45) is 11.7 Å². The van der Waals surface area contributed by atoms with Gasteiger partial charge in [0.05, 0.1) is 17.5 Å². The molecule has 6 heteroatoms. The molecule has 1 unspecified atom stereocenters. The largest absolute Gasteiger partial charge is 0.354 e. The number of carbonyl (C=O) groups is 1. The maximum absolute atomic E-state index is 11.9. The van der Waals surface area contributed by atoms with Crippen molar-refractivity contribution < 1.29 is 13.2 Å². The number of benzene rings is 1. The zero-order chi connectivity index (χ0) is 15.3. The number of nitrogens with two attached hydrogens (primary N) is 1. The third-order valence-corrected chi connectivity index (χ3v) is 5.65. The van der Waals surface area contributed by atoms with Gasteiger partial charge >= 0.3 is 0 Å². The Hall–Kier alpha value is -1.40. The van der Waals surface area contributed by atoms with Crippen molar-refractivity contribution >= 4 is 15.7 Å². The Kier molecular flexibility index (Phi) is 5.36. The van der Waals surface area contributed by atoms with E-state index >= 15 is 0 Å². The fraction of sp³-hybridized carbons (Fsp3) is 0.533. The Morgan fingerprint density at radius 2 is 2.05 bits per heavy atom. The maximum Gasteiger partial charge on any atom is 0.236 e. The number of sulfone groups is 1. The van der Waals surface area contributed by atoms with Crippen molar-refractivity contribution in [3.05, 3.63) is 35.9 Å². The first-order chi connectivity index (χ1) is 9.96. The molecule has 3 N–H and O–H groups in total. The minimum atomic E-state index is -2.89. The lowest BCUT2D eigenvalue weighted by Crippen LogP contribution is -2.42. The molecule has 2 atom stereocenters. The third-order valence-electron chi connectivity index (χ3n) is 3.82. The van der Waals surface area contributed by atoms with E-state index in [9.17, 15) is 13.2 Å². The van der Waals surface area contributed by atoms with Crippen LogP contribution in [0.3, 0.4) is 0 Å². The second-order valence-electron chi connectivity index (χ2n) is 5.64. The fourth-order valence-corrected chi connectivity index (χ4v) is 4.37. The van der Waals surface area contributed by atoms with Gasteiger partial charge in [-0.2, -0.15) is 0 Å². The van der Waals surface area contributed by atoms with Crippen molar-refractivity contribution in [2.75, 3.05) is 18.1 Å². The molecule has 1 amide bonds. The van der Waals surface area contributed by atoms with E-state index in [2.05, 4.69) is 5.32 Å². The summed E-state index contributed by atoms with van der Waals surface area (Å²) in [6.45, 7) is 0.400. The van der Waals surface area contributed by atoms with Crippen LogP contribution in [0.2, 0.25) is 0 Å². The molecule has 1 saturated heterocycles. The van der Waals surface area contributed by atoms with Crippen LogP contribution < -0.4 is 11.1 Å². The molecule has 1 heterocycles. The van der Waals surface area contributed by atoms with Crippen LogP contribution in [0, 0.1) is 5.92 Å². The van der Waals surface area contributed by atoms with Gasteiger partial charge in [0.2, 0.25) is 5.91 Å². The average Bonchev–Trinajstić information content (AvgIpc) is 2.82. The Morgan fingerprint density at radius 1 is 1.33 bits per heavy atom. The topological polar surface area (TPSA) is 89.3 Å². The van der Waals surface area contributed by atoms with Crippen LogP contribution in [0.25, 0.3) is 0 Å². The zero-order valence-corrected chi connectivity index (χ0v) is 12.8. The summed E-state index contributed by atoms with van der Waals surface area (Å²) in [5.74, 6) is 0.232. The second kappa shape index (κ2) is 7.04. The minimum absolute atomic E-state index is 0.0280. The number of aryl methyl sites for hydroxylation is 1. The van der Waals surface area contributed by atoms with Gasteiger partial charge in [-0.3, -0.25) is 4.79 Å². The van der Waals surface area contributed by atoms with Crippen molar-refractivity contribution in [3.8, 4) is 0 Å². The molecule has 1 aromatic carbocycles. The quantitative estimate of drug-likeness (QED) is 0.800. The molecule has 21 heavy (non-hydrogen) atoms. The van der Waals surface area contributed by atoms with E-state index in [1.54, 1.807) is 0 Å². The summed E-state index contributed by atoms with van der Waals surface area (Å²) in [5.41, 5.74) is 7.03. The lowest BCUT2D eigenvalue weighted by molar-refractivity contribution is -0.122. The SMILES string of the molecule is N[C@@H](CCc1ccccc1)C(=O)NCC1CCS(=O)(=O)C1. The maximum atomic E-state index is 11.9. The van der Waals surface area contributed by atoms with E-state index in [-0.39, 0.29) is 23.3 Å². The lowest BCUT2D eigenvalue weighted by Gasteiger charge is -2.14. The van der Waals surface area contributed by atoms with Gasteiger partial charge < -0.3 is 11.1 Å². The van der Waals surface area contributed by atoms with Gasteiger partial charge in [0, 0.05) is 6.54 Å². The number of hydrogen-bond donors (Lipinski definition) is 2. The Labute approximate surface area is 125 Å². The third kappa shape index (κ3) is 5.13. The van der Waals surface area contributed by atoms with Gasteiger partial charge in [0.25, 0.3) is 0 Å². The molecular weight excluding hydrogens is 288 g/mol. The highest BCUT2D eigenvalue weighted by atomic mass is 32.2. The first-order valence-corrected chi connectivity index (χ1v) is 9.06. The standard InChI is InChI=1S/C15H22N2O3S/c16-14(7-6-12-4-2-1-3-5-12)15(18)17-10-13-8-9-21(19,20)11-13/h1-5,13-14H,6-11,16H2,(H,17,18)/t13?,14-/m0/s1. The summed E-state index contributed by atoms with van der Waals surface area (Å²) in [6.07, 6.45) is 1.97. The van der Waals surface area contributed by atoms with Gasteiger partial charge in [-0.15, -0.1) is 0 Å². The van der Waals surface area contributed by atoms with Crippen LogP contribution in [-0.2, 0) is 21.1 Å². The molecule has 1 aliphatic rings. The van der Waals surface area contributed by atoms with Gasteiger partial charge in [0.15, 0.2) is 9.84 Å². The average molecular weight is 310 g/mol. The van der Waals surface area contributed by atoms with E-state index in [1.165, 1.54) is 0 Å². The molecule has 0 aliphatic carbocycles. The predicted octanol–water partition coefficient (Wildman–Crippen LogP) is 0.497. The van der Waals surface area contributed by atoms with Crippen molar-refractivity contribution in [1.29, 1.82) is 0 Å². The summed E-state index contributed by atoms with van der Waals surface area (Å²) >= 11 is 0. The number of nitrogens with one attached hydrogen (secondary N) is 1. The molecule has 2 rings (SSSR count). The summed E-state index contributed by atoms with van der Waals surface area (Å²) in [4.78, 5) is 11.9. The summed E-state index contributed by atoms with van der Waals surface area (Å²) in [6, 6.07) is 9.33. The van der Waals surface area contributed by atoms with Crippen molar-refractivity contribution in [2.45, 2.75) is 25.3 Å². The molecule has 0 bridgehead atoms. The first-order valence-electron chi connectivity index (χ1n) is 7.24. The molecule has 0 spiro atoms. The number of amides is 1. The van der Waals surface area contributed by atoms with E-state index in [4.69, 9.17) is 5.73 Å². The monoisotopic (exact) mass is 310 g/mol.